The van der Waals surface area contributed by atoms with E-state index in [1.807, 2.05) is 6.92 Å². The lowest BCUT2D eigenvalue weighted by atomic mass is 10.4. The Bertz CT molecular complexity index is 150. The number of allylic oxidation sites excluding steroid dienone is 1. The van der Waals surface area contributed by atoms with Gasteiger partial charge in [-0.15, -0.1) is 6.58 Å². The number of ether oxygens (including phenoxy) is 1. The Morgan fingerprint density at radius 3 is 2.33 bits per heavy atom. The van der Waals surface area contributed by atoms with E-state index in [2.05, 4.69) is 17.9 Å². The fourth-order valence-electron chi connectivity index (χ4n) is 0.262. The third-order valence-electron chi connectivity index (χ3n) is 0.673. The molecule has 0 spiro atoms. The third-order valence-corrected chi connectivity index (χ3v) is 0.673. The molecule has 0 aliphatic carbocycles. The van der Waals surface area contributed by atoms with Crippen LogP contribution in [0.3, 0.4) is 0 Å². The van der Waals surface area contributed by atoms with Gasteiger partial charge in [0.1, 0.15) is 6.61 Å². The van der Waals surface area contributed by atoms with Crippen molar-refractivity contribution in [2.45, 2.75) is 13.8 Å². The summed E-state index contributed by atoms with van der Waals surface area (Å²) in [6, 6.07) is 0. The summed E-state index contributed by atoms with van der Waals surface area (Å²) in [5.74, 6) is -0.455. The fraction of sp³-hybridized carbons (Fsp3) is 0.444. The van der Waals surface area contributed by atoms with Gasteiger partial charge in [-0.05, 0) is 13.8 Å². The second kappa shape index (κ2) is 9.91. The van der Waals surface area contributed by atoms with Crippen LogP contribution in [0.4, 0.5) is 0 Å². The van der Waals surface area contributed by atoms with E-state index in [1.165, 1.54) is 0 Å². The van der Waals surface area contributed by atoms with Crippen LogP contribution < -0.4 is 0 Å². The maximum Gasteiger partial charge on any atom is 0.333 e. The van der Waals surface area contributed by atoms with Gasteiger partial charge >= 0.3 is 5.97 Å². The molecule has 70 valence electrons. The molecule has 1 N–H and O–H groups in total. The van der Waals surface area contributed by atoms with E-state index in [4.69, 9.17) is 5.11 Å². The molecule has 0 fully saturated rings. The molecule has 0 rings (SSSR count). The fourth-order valence-corrected chi connectivity index (χ4v) is 0.262. The number of hydrogen-bond donors (Lipinski definition) is 1. The van der Waals surface area contributed by atoms with Gasteiger partial charge in [0.2, 0.25) is 0 Å². The van der Waals surface area contributed by atoms with Crippen molar-refractivity contribution < 1.29 is 14.6 Å². The summed E-state index contributed by atoms with van der Waals surface area (Å²) >= 11 is 0. The Morgan fingerprint density at radius 2 is 2.08 bits per heavy atom. The molecular weight excluding hydrogens is 156 g/mol. The average molecular weight is 172 g/mol. The topological polar surface area (TPSA) is 46.5 Å². The molecule has 0 aliphatic heterocycles. The summed E-state index contributed by atoms with van der Waals surface area (Å²) in [5, 5.41) is 8.19. The van der Waals surface area contributed by atoms with Gasteiger partial charge in [0.15, 0.2) is 0 Å². The summed E-state index contributed by atoms with van der Waals surface area (Å²) in [6.45, 7) is 10.1. The Balaban J connectivity index is 0. The lowest BCUT2D eigenvalue weighted by molar-refractivity contribution is -0.139. The minimum absolute atomic E-state index is 0.0473. The van der Waals surface area contributed by atoms with Crippen molar-refractivity contribution in [2.75, 3.05) is 13.2 Å². The van der Waals surface area contributed by atoms with Crippen molar-refractivity contribution in [3.8, 4) is 0 Å². The quantitative estimate of drug-likeness (QED) is 0.396. The van der Waals surface area contributed by atoms with Crippen molar-refractivity contribution in [3.63, 3.8) is 0 Å². The van der Waals surface area contributed by atoms with Crippen LogP contribution in [-0.2, 0) is 9.53 Å². The van der Waals surface area contributed by atoms with Gasteiger partial charge in [-0.2, -0.15) is 0 Å². The molecule has 12 heavy (non-hydrogen) atoms. The highest BCUT2D eigenvalue weighted by Gasteiger charge is 1.99. The minimum atomic E-state index is -0.455. The van der Waals surface area contributed by atoms with Gasteiger partial charge in [-0.25, -0.2) is 4.79 Å². The third kappa shape index (κ3) is 11.7. The zero-order chi connectivity index (χ0) is 9.98. The summed E-state index contributed by atoms with van der Waals surface area (Å²) in [7, 11) is 0. The van der Waals surface area contributed by atoms with E-state index < -0.39 is 5.97 Å². The van der Waals surface area contributed by atoms with Crippen LogP contribution in [0.15, 0.2) is 24.8 Å². The van der Waals surface area contributed by atoms with Gasteiger partial charge in [0.05, 0.1) is 6.61 Å². The van der Waals surface area contributed by atoms with Crippen LogP contribution in [0.1, 0.15) is 13.8 Å². The van der Waals surface area contributed by atoms with Crippen LogP contribution in [0.5, 0.6) is 0 Å². The maximum absolute atomic E-state index is 10.5. The highest BCUT2D eigenvalue weighted by atomic mass is 16.5. The lowest BCUT2D eigenvalue weighted by Crippen LogP contribution is -2.08. The van der Waals surface area contributed by atoms with E-state index in [1.54, 1.807) is 13.0 Å². The molecule has 3 nitrogen and oxygen atoms in total. The van der Waals surface area contributed by atoms with Crippen LogP contribution >= 0.6 is 0 Å². The Labute approximate surface area is 73.4 Å². The first-order valence-corrected chi connectivity index (χ1v) is 3.60. The van der Waals surface area contributed by atoms with E-state index >= 15 is 0 Å². The Kier molecular flexibility index (Phi) is 11.1. The molecule has 0 heterocycles. The molecule has 0 unspecified atom stereocenters. The molecule has 0 saturated heterocycles. The van der Waals surface area contributed by atoms with Gasteiger partial charge in [0, 0.05) is 5.57 Å². The molecule has 0 saturated carbocycles. The van der Waals surface area contributed by atoms with Crippen LogP contribution in [0, 0.1) is 0 Å². The standard InChI is InChI=1S/C6H10O3.C3H6/c1-5(2)6(8)9-4-3-7;1-3-2/h7H,1,3-4H2,2H3;3H,1H2,2H3. The summed E-state index contributed by atoms with van der Waals surface area (Å²) in [4.78, 5) is 10.5. The SMILES string of the molecule is C=C(C)C(=O)OCCO.C=CC. The molecule has 0 amide bonds. The number of aliphatic hydroxyl groups excluding tert-OH is 1. The lowest BCUT2D eigenvalue weighted by Gasteiger charge is -1.99. The number of aliphatic hydroxyl groups is 1. The highest BCUT2D eigenvalue weighted by molar-refractivity contribution is 5.86. The van der Waals surface area contributed by atoms with E-state index in [-0.39, 0.29) is 13.2 Å². The molecule has 0 aliphatic rings. The normalized spacial score (nSPS) is 7.58. The van der Waals surface area contributed by atoms with Crippen molar-refractivity contribution in [1.29, 1.82) is 0 Å². The smallest absolute Gasteiger partial charge is 0.333 e. The largest absolute Gasteiger partial charge is 0.460 e. The maximum atomic E-state index is 10.5. The van der Waals surface area contributed by atoms with Crippen molar-refractivity contribution in [3.05, 3.63) is 24.8 Å². The van der Waals surface area contributed by atoms with Gasteiger partial charge in [0.25, 0.3) is 0 Å². The molecule has 0 bridgehead atoms. The molecule has 0 aromatic heterocycles. The van der Waals surface area contributed by atoms with Gasteiger partial charge < -0.3 is 9.84 Å². The van der Waals surface area contributed by atoms with Crippen molar-refractivity contribution >= 4 is 5.97 Å². The van der Waals surface area contributed by atoms with Crippen LogP contribution in [-0.4, -0.2) is 24.3 Å². The average Bonchev–Trinajstić information content (AvgIpc) is 2.01. The molecule has 0 aromatic carbocycles. The van der Waals surface area contributed by atoms with E-state index in [0.29, 0.717) is 5.57 Å². The van der Waals surface area contributed by atoms with Gasteiger partial charge in [-0.3, -0.25) is 0 Å². The monoisotopic (exact) mass is 172 g/mol. The first kappa shape index (κ1) is 13.5. The predicted molar refractivity (Wildman–Crippen MR) is 48.7 cm³/mol. The number of carbonyl (C=O) groups excluding carboxylic acids is 1. The van der Waals surface area contributed by atoms with E-state index in [9.17, 15) is 4.79 Å². The number of hydrogen-bond acceptors (Lipinski definition) is 3. The zero-order valence-corrected chi connectivity index (χ0v) is 7.67. The second-order valence-corrected chi connectivity index (χ2v) is 2.05. The molecule has 0 aromatic rings. The number of rotatable bonds is 3. The first-order chi connectivity index (χ1) is 5.59. The summed E-state index contributed by atoms with van der Waals surface area (Å²) < 4.78 is 4.46. The Hall–Kier alpha value is -1.09. The number of carbonyl (C=O) groups is 1. The minimum Gasteiger partial charge on any atom is -0.460 e. The highest BCUT2D eigenvalue weighted by Crippen LogP contribution is 1.89. The van der Waals surface area contributed by atoms with Crippen LogP contribution in [0.2, 0.25) is 0 Å². The van der Waals surface area contributed by atoms with Crippen molar-refractivity contribution in [2.24, 2.45) is 0 Å². The second-order valence-electron chi connectivity index (χ2n) is 2.05. The molecule has 3 heteroatoms. The Morgan fingerprint density at radius 1 is 1.67 bits per heavy atom. The molecule has 0 radical (unpaired) electrons. The summed E-state index contributed by atoms with van der Waals surface area (Å²) in [6.07, 6.45) is 1.75. The number of esters is 1. The van der Waals surface area contributed by atoms with Crippen molar-refractivity contribution in [1.82, 2.24) is 0 Å². The van der Waals surface area contributed by atoms with Gasteiger partial charge in [-0.1, -0.05) is 12.7 Å². The molecule has 0 atom stereocenters. The summed E-state index contributed by atoms with van der Waals surface area (Å²) in [5.41, 5.74) is 0.350. The zero-order valence-electron chi connectivity index (χ0n) is 7.67. The predicted octanol–water partition coefficient (Wildman–Crippen LogP) is 1.29. The van der Waals surface area contributed by atoms with E-state index in [0.717, 1.165) is 0 Å². The van der Waals surface area contributed by atoms with Crippen LogP contribution in [0.25, 0.3) is 0 Å². The molecular formula is C9H16O3. The first-order valence-electron chi connectivity index (χ1n) is 3.60.